The number of anilines is 2. The van der Waals surface area contributed by atoms with Gasteiger partial charge < -0.3 is 10.2 Å². The van der Waals surface area contributed by atoms with Crippen LogP contribution in [0.25, 0.3) is 10.8 Å². The van der Waals surface area contributed by atoms with Gasteiger partial charge in [-0.3, -0.25) is 9.52 Å². The van der Waals surface area contributed by atoms with Crippen molar-refractivity contribution in [2.24, 2.45) is 5.92 Å². The minimum atomic E-state index is -3.84. The summed E-state index contributed by atoms with van der Waals surface area (Å²) in [6.07, 6.45) is 2.11. The predicted molar refractivity (Wildman–Crippen MR) is 149 cm³/mol. The van der Waals surface area contributed by atoms with Crippen molar-refractivity contribution in [2.45, 2.75) is 31.2 Å². The molecule has 0 atom stereocenters. The van der Waals surface area contributed by atoms with E-state index in [0.29, 0.717) is 23.7 Å². The molecule has 1 amide bonds. The third-order valence-electron chi connectivity index (χ3n) is 6.94. The van der Waals surface area contributed by atoms with Crippen LogP contribution in [-0.2, 0) is 16.6 Å². The molecule has 0 aliphatic carbocycles. The number of carbonyl (C=O) groups excluding carboxylic acids is 1. The summed E-state index contributed by atoms with van der Waals surface area (Å²) in [6, 6.07) is 27.6. The van der Waals surface area contributed by atoms with E-state index in [1.165, 1.54) is 0 Å². The number of piperidine rings is 1. The Balaban J connectivity index is 1.43. The molecule has 1 heterocycles. The van der Waals surface area contributed by atoms with E-state index in [1.54, 1.807) is 30.3 Å². The van der Waals surface area contributed by atoms with Crippen LogP contribution >= 0.6 is 0 Å². The zero-order valence-electron chi connectivity index (χ0n) is 20.9. The fraction of sp³-hybridized carbons (Fsp3) is 0.233. The lowest BCUT2D eigenvalue weighted by atomic mass is 9.98. The fourth-order valence-electron chi connectivity index (χ4n) is 4.73. The lowest BCUT2D eigenvalue weighted by molar-refractivity contribution is 0.0951. The highest BCUT2D eigenvalue weighted by Crippen LogP contribution is 2.30. The van der Waals surface area contributed by atoms with Crippen molar-refractivity contribution in [2.75, 3.05) is 22.7 Å². The van der Waals surface area contributed by atoms with Gasteiger partial charge in [0.25, 0.3) is 15.9 Å². The van der Waals surface area contributed by atoms with Gasteiger partial charge >= 0.3 is 0 Å². The molecule has 7 heteroatoms. The van der Waals surface area contributed by atoms with Crippen LogP contribution < -0.4 is 14.9 Å². The Kier molecular flexibility index (Phi) is 7.15. The van der Waals surface area contributed by atoms with Crippen LogP contribution in [0.15, 0.2) is 95.9 Å². The molecule has 2 N–H and O–H groups in total. The van der Waals surface area contributed by atoms with Crippen molar-refractivity contribution < 1.29 is 13.2 Å². The van der Waals surface area contributed by atoms with Crippen molar-refractivity contribution in [1.29, 1.82) is 0 Å². The molecule has 1 aliphatic heterocycles. The zero-order chi connectivity index (χ0) is 25.8. The number of sulfonamides is 1. The number of nitrogens with one attached hydrogen (secondary N) is 2. The van der Waals surface area contributed by atoms with Crippen LogP contribution in [0.2, 0.25) is 0 Å². The maximum atomic E-state index is 13.4. The van der Waals surface area contributed by atoms with E-state index in [0.717, 1.165) is 48.0 Å². The lowest BCUT2D eigenvalue weighted by Crippen LogP contribution is -2.35. The summed E-state index contributed by atoms with van der Waals surface area (Å²) in [7, 11) is -3.84. The normalized spacial score (nSPS) is 14.5. The number of nitrogens with zero attached hydrogens (tertiary/aromatic N) is 1. The van der Waals surface area contributed by atoms with Gasteiger partial charge in [0.1, 0.15) is 0 Å². The van der Waals surface area contributed by atoms with Gasteiger partial charge in [0.05, 0.1) is 10.5 Å². The molecule has 190 valence electrons. The van der Waals surface area contributed by atoms with Crippen LogP contribution in [0.4, 0.5) is 11.4 Å². The number of amides is 1. The average molecular weight is 514 g/mol. The molecule has 0 bridgehead atoms. The molecular formula is C30H31N3O3S. The third kappa shape index (κ3) is 5.78. The maximum absolute atomic E-state index is 13.4. The molecule has 4 aromatic carbocycles. The largest absolute Gasteiger partial charge is 0.371 e. The molecule has 1 fully saturated rings. The van der Waals surface area contributed by atoms with Crippen molar-refractivity contribution in [3.8, 4) is 0 Å². The molecule has 4 aromatic rings. The number of hydrogen-bond acceptors (Lipinski definition) is 4. The van der Waals surface area contributed by atoms with E-state index >= 15 is 0 Å². The van der Waals surface area contributed by atoms with Crippen molar-refractivity contribution in [3.05, 3.63) is 102 Å². The Hall–Kier alpha value is -3.84. The van der Waals surface area contributed by atoms with Gasteiger partial charge in [0.2, 0.25) is 0 Å². The van der Waals surface area contributed by atoms with Crippen LogP contribution in [0.1, 0.15) is 35.7 Å². The Morgan fingerprint density at radius 1 is 0.865 bits per heavy atom. The van der Waals surface area contributed by atoms with E-state index in [-0.39, 0.29) is 10.8 Å². The first-order chi connectivity index (χ1) is 17.9. The summed E-state index contributed by atoms with van der Waals surface area (Å²) in [4.78, 5) is 15.8. The molecule has 0 saturated carbocycles. The Bertz CT molecular complexity index is 1510. The van der Waals surface area contributed by atoms with Gasteiger partial charge in [0, 0.05) is 31.0 Å². The number of benzene rings is 4. The van der Waals surface area contributed by atoms with Crippen molar-refractivity contribution in [1.82, 2.24) is 5.32 Å². The maximum Gasteiger partial charge on any atom is 0.261 e. The molecule has 0 aromatic heterocycles. The third-order valence-corrected chi connectivity index (χ3v) is 8.32. The first-order valence-corrected chi connectivity index (χ1v) is 14.1. The predicted octanol–water partition coefficient (Wildman–Crippen LogP) is 5.81. The molecule has 0 unspecified atom stereocenters. The fourth-order valence-corrected chi connectivity index (χ4v) is 5.81. The Morgan fingerprint density at radius 2 is 1.57 bits per heavy atom. The smallest absolute Gasteiger partial charge is 0.261 e. The van der Waals surface area contributed by atoms with Gasteiger partial charge in [0.15, 0.2) is 0 Å². The Labute approximate surface area is 218 Å². The topological polar surface area (TPSA) is 78.5 Å². The zero-order valence-corrected chi connectivity index (χ0v) is 21.7. The second-order valence-electron chi connectivity index (χ2n) is 9.68. The second kappa shape index (κ2) is 10.6. The second-order valence-corrected chi connectivity index (χ2v) is 11.4. The van der Waals surface area contributed by atoms with Crippen LogP contribution in [0, 0.1) is 5.92 Å². The van der Waals surface area contributed by atoms with E-state index < -0.39 is 10.0 Å². The minimum Gasteiger partial charge on any atom is -0.371 e. The minimum absolute atomic E-state index is 0.176. The quantitative estimate of drug-likeness (QED) is 0.327. The van der Waals surface area contributed by atoms with E-state index in [4.69, 9.17) is 0 Å². The monoisotopic (exact) mass is 513 g/mol. The summed E-state index contributed by atoms with van der Waals surface area (Å²) < 4.78 is 29.2. The van der Waals surface area contributed by atoms with Gasteiger partial charge in [-0.15, -0.1) is 0 Å². The molecule has 1 saturated heterocycles. The van der Waals surface area contributed by atoms with E-state index in [2.05, 4.69) is 21.9 Å². The van der Waals surface area contributed by atoms with Crippen LogP contribution in [-0.4, -0.2) is 27.4 Å². The molecule has 1 aliphatic rings. The first-order valence-electron chi connectivity index (χ1n) is 12.6. The van der Waals surface area contributed by atoms with Crippen LogP contribution in [0.5, 0.6) is 0 Å². The summed E-state index contributed by atoms with van der Waals surface area (Å²) in [6.45, 7) is 4.36. The molecule has 5 rings (SSSR count). The molecular weight excluding hydrogens is 482 g/mol. The van der Waals surface area contributed by atoms with E-state index in [1.807, 2.05) is 60.7 Å². The van der Waals surface area contributed by atoms with Gasteiger partial charge in [-0.05, 0) is 65.4 Å². The van der Waals surface area contributed by atoms with E-state index in [9.17, 15) is 13.2 Å². The van der Waals surface area contributed by atoms with Crippen molar-refractivity contribution >= 4 is 38.1 Å². The summed E-state index contributed by atoms with van der Waals surface area (Å²) in [5, 5.41) is 4.82. The highest BCUT2D eigenvalue weighted by atomic mass is 32.2. The summed E-state index contributed by atoms with van der Waals surface area (Å²) in [5.41, 5.74) is 2.64. The van der Waals surface area contributed by atoms with Crippen LogP contribution in [0.3, 0.4) is 0 Å². The first kappa shape index (κ1) is 24.8. The Morgan fingerprint density at radius 3 is 2.32 bits per heavy atom. The summed E-state index contributed by atoms with van der Waals surface area (Å²) in [5.74, 6) is 0.420. The van der Waals surface area contributed by atoms with Gasteiger partial charge in [-0.1, -0.05) is 67.6 Å². The molecule has 0 radical (unpaired) electrons. The average Bonchev–Trinajstić information content (AvgIpc) is 2.92. The SMILES string of the molecule is CC1CCN(c2ccc(NS(=O)(=O)c3ccc4ccccc4c3)cc2C(=O)NCc2ccccc2)CC1. The lowest BCUT2D eigenvalue weighted by Gasteiger charge is -2.33. The molecule has 6 nitrogen and oxygen atoms in total. The van der Waals surface area contributed by atoms with Gasteiger partial charge in [-0.2, -0.15) is 0 Å². The molecule has 0 spiro atoms. The number of hydrogen-bond donors (Lipinski definition) is 2. The summed E-state index contributed by atoms with van der Waals surface area (Å²) >= 11 is 0. The number of rotatable bonds is 7. The van der Waals surface area contributed by atoms with Crippen molar-refractivity contribution in [3.63, 3.8) is 0 Å². The number of fused-ring (bicyclic) bond motifs is 1. The highest BCUT2D eigenvalue weighted by Gasteiger charge is 2.23. The highest BCUT2D eigenvalue weighted by molar-refractivity contribution is 7.92. The number of carbonyl (C=O) groups is 1. The standard InChI is InChI=1S/C30H31N3O3S/c1-22-15-17-33(18-16-22)29-14-12-26(20-28(29)30(34)31-21-23-7-3-2-4-8-23)32-37(35,36)27-13-11-24-9-5-6-10-25(24)19-27/h2-14,19-20,22,32H,15-18,21H2,1H3,(H,31,34). The molecule has 37 heavy (non-hydrogen) atoms. The van der Waals surface area contributed by atoms with Gasteiger partial charge in [-0.25, -0.2) is 8.42 Å².